The van der Waals surface area contributed by atoms with Crippen LogP contribution in [0.1, 0.15) is 51.5 Å². The molecule has 2 aliphatic rings. The summed E-state index contributed by atoms with van der Waals surface area (Å²) >= 11 is 12.3. The molecule has 39 heavy (non-hydrogen) atoms. The first-order chi connectivity index (χ1) is 18.9. The van der Waals surface area contributed by atoms with Crippen LogP contribution in [0.5, 0.6) is 0 Å². The average molecular weight is 570 g/mol. The van der Waals surface area contributed by atoms with E-state index in [4.69, 9.17) is 28.2 Å². The van der Waals surface area contributed by atoms with E-state index in [0.29, 0.717) is 51.9 Å². The maximum atomic E-state index is 13.2. The lowest BCUT2D eigenvalue weighted by Crippen LogP contribution is -2.54. The highest BCUT2D eigenvalue weighted by atomic mass is 35.5. The van der Waals surface area contributed by atoms with Gasteiger partial charge in [0.05, 0.1) is 23.3 Å². The van der Waals surface area contributed by atoms with Crippen molar-refractivity contribution in [3.8, 4) is 0 Å². The molecule has 2 N–H and O–H groups in total. The van der Waals surface area contributed by atoms with Crippen molar-refractivity contribution in [2.75, 3.05) is 25.0 Å². The zero-order valence-corrected chi connectivity index (χ0v) is 24.3. The Kier molecular flexibility index (Phi) is 9.10. The second-order valence-corrected chi connectivity index (χ2v) is 11.8. The quantitative estimate of drug-likeness (QED) is 0.283. The summed E-state index contributed by atoms with van der Waals surface area (Å²) in [6, 6.07) is 12.0. The van der Waals surface area contributed by atoms with Gasteiger partial charge in [-0.05, 0) is 67.5 Å². The number of halogens is 2. The van der Waals surface area contributed by atoms with Gasteiger partial charge in [0, 0.05) is 48.0 Å². The topological polar surface area (TPSA) is 74.5 Å². The minimum atomic E-state index is -0.0605. The molecule has 0 spiro atoms. The van der Waals surface area contributed by atoms with Gasteiger partial charge in [-0.15, -0.1) is 0 Å². The predicted octanol–water partition coefficient (Wildman–Crippen LogP) is 5.98. The first kappa shape index (κ1) is 27.9. The van der Waals surface area contributed by atoms with Crippen LogP contribution in [0.2, 0.25) is 10.0 Å². The van der Waals surface area contributed by atoms with Crippen LogP contribution < -0.4 is 16.2 Å². The highest BCUT2D eigenvalue weighted by Crippen LogP contribution is 2.27. The molecule has 1 aliphatic heterocycles. The highest BCUT2D eigenvalue weighted by Gasteiger charge is 2.24. The lowest BCUT2D eigenvalue weighted by atomic mass is 9.87. The van der Waals surface area contributed by atoms with Crippen molar-refractivity contribution >= 4 is 45.8 Å². The van der Waals surface area contributed by atoms with Crippen molar-refractivity contribution in [2.45, 2.75) is 71.0 Å². The van der Waals surface area contributed by atoms with Crippen LogP contribution in [0.3, 0.4) is 0 Å². The molecule has 2 fully saturated rings. The molecule has 0 bridgehead atoms. The molecule has 0 amide bonds. The van der Waals surface area contributed by atoms with Gasteiger partial charge < -0.3 is 15.5 Å². The van der Waals surface area contributed by atoms with Gasteiger partial charge in [0.1, 0.15) is 0 Å². The highest BCUT2D eigenvalue weighted by molar-refractivity contribution is 6.35. The van der Waals surface area contributed by atoms with Gasteiger partial charge >= 0.3 is 0 Å². The number of nitrogens with one attached hydrogen (secondary N) is 2. The first-order valence-electron chi connectivity index (χ1n) is 14.2. The number of hydrogen-bond donors (Lipinski definition) is 2. The fourth-order valence-corrected chi connectivity index (χ4v) is 6.17. The molecule has 1 aromatic heterocycles. The number of nitrogens with zero attached hydrogens (tertiary/aromatic N) is 4. The van der Waals surface area contributed by atoms with Crippen molar-refractivity contribution in [2.24, 2.45) is 10.9 Å². The molecule has 1 saturated heterocycles. The lowest BCUT2D eigenvalue weighted by Gasteiger charge is -2.36. The van der Waals surface area contributed by atoms with Crippen LogP contribution in [0.25, 0.3) is 10.9 Å². The van der Waals surface area contributed by atoms with E-state index < -0.39 is 0 Å². The Balaban J connectivity index is 1.36. The molecule has 3 aromatic rings. The minimum Gasteiger partial charge on any atom is -0.340 e. The summed E-state index contributed by atoms with van der Waals surface area (Å²) in [5, 5.41) is 9.02. The van der Waals surface area contributed by atoms with Gasteiger partial charge in [-0.1, -0.05) is 56.0 Å². The maximum Gasteiger partial charge on any atom is 0.261 e. The molecule has 0 radical (unpaired) electrons. The molecule has 3 atom stereocenters. The zero-order chi connectivity index (χ0) is 27.4. The van der Waals surface area contributed by atoms with E-state index in [1.54, 1.807) is 17.0 Å². The van der Waals surface area contributed by atoms with Crippen molar-refractivity contribution in [1.29, 1.82) is 0 Å². The number of aryl methyl sites for hydroxylation is 2. The maximum absolute atomic E-state index is 13.2. The van der Waals surface area contributed by atoms with Crippen molar-refractivity contribution in [3.63, 3.8) is 0 Å². The monoisotopic (exact) mass is 568 g/mol. The fourth-order valence-electron chi connectivity index (χ4n) is 5.67. The molecule has 1 saturated carbocycles. The van der Waals surface area contributed by atoms with Gasteiger partial charge in [-0.2, -0.15) is 0 Å². The van der Waals surface area contributed by atoms with E-state index in [1.807, 2.05) is 30.3 Å². The lowest BCUT2D eigenvalue weighted by molar-refractivity contribution is 0.281. The average Bonchev–Trinajstić information content (AvgIpc) is 2.93. The Morgan fingerprint density at radius 1 is 1.21 bits per heavy atom. The third-order valence-electron chi connectivity index (χ3n) is 7.98. The van der Waals surface area contributed by atoms with E-state index >= 15 is 0 Å². The number of guanidine groups is 1. The first-order valence-corrected chi connectivity index (χ1v) is 14.9. The van der Waals surface area contributed by atoms with Crippen LogP contribution in [-0.2, 0) is 13.0 Å². The van der Waals surface area contributed by atoms with Gasteiger partial charge in [0.2, 0.25) is 0 Å². The number of fused-ring (bicyclic) bond motifs is 1. The van der Waals surface area contributed by atoms with Crippen molar-refractivity contribution < 1.29 is 0 Å². The number of piperazine rings is 1. The van der Waals surface area contributed by atoms with Crippen molar-refractivity contribution in [1.82, 2.24) is 19.8 Å². The minimum absolute atomic E-state index is 0.0605. The van der Waals surface area contributed by atoms with Gasteiger partial charge in [0.15, 0.2) is 5.96 Å². The Labute approximate surface area is 240 Å². The molecular formula is C30H38Cl2N6O. The Hall–Kier alpha value is -2.61. The number of rotatable bonds is 6. The molecule has 2 aromatic carbocycles. The Bertz CT molecular complexity index is 1390. The molecule has 5 rings (SSSR count). The van der Waals surface area contributed by atoms with E-state index in [2.05, 4.69) is 34.4 Å². The molecule has 208 valence electrons. The van der Waals surface area contributed by atoms with Gasteiger partial charge in [-0.25, -0.2) is 9.98 Å². The SMILES string of the molecule is CC[C@H]1CN(C(=NC2CCCC(C)C2)Nc2ccc3c(=O)n(CCc4ccc(Cl)cc4Cl)cnc3c2)CCN1. The van der Waals surface area contributed by atoms with E-state index in [-0.39, 0.29) is 5.56 Å². The standard InChI is InChI=1S/C30H38Cl2N6O/c1-3-23-18-37(14-12-33-23)30(35-24-6-4-5-20(2)15-24)36-25-9-10-26-28(17-25)34-19-38(29(26)39)13-11-21-7-8-22(31)16-27(21)32/h7-10,16-17,19-20,23-24,33H,3-6,11-15,18H2,1-2H3,(H,35,36)/t20?,23-,24?/m0/s1. The zero-order valence-electron chi connectivity index (χ0n) is 22.8. The van der Waals surface area contributed by atoms with Crippen molar-refractivity contribution in [3.05, 3.63) is 68.7 Å². The van der Waals surface area contributed by atoms with E-state index in [9.17, 15) is 4.79 Å². The molecular weight excluding hydrogens is 531 g/mol. The third kappa shape index (κ3) is 6.94. The van der Waals surface area contributed by atoms with Crippen LogP contribution in [-0.4, -0.2) is 52.1 Å². The summed E-state index contributed by atoms with van der Waals surface area (Å²) in [6.45, 7) is 7.83. The summed E-state index contributed by atoms with van der Waals surface area (Å²) in [5.41, 5.74) is 2.46. The predicted molar refractivity (Wildman–Crippen MR) is 162 cm³/mol. The number of aromatic nitrogens is 2. The summed E-state index contributed by atoms with van der Waals surface area (Å²) in [4.78, 5) is 25.5. The third-order valence-corrected chi connectivity index (χ3v) is 8.57. The van der Waals surface area contributed by atoms with Gasteiger partial charge in [-0.3, -0.25) is 9.36 Å². The fraction of sp³-hybridized carbons (Fsp3) is 0.500. The van der Waals surface area contributed by atoms with Crippen LogP contribution >= 0.6 is 23.2 Å². The summed E-state index contributed by atoms with van der Waals surface area (Å²) in [6.07, 6.45) is 8.12. The number of hydrogen-bond acceptors (Lipinski definition) is 4. The molecule has 7 nitrogen and oxygen atoms in total. The van der Waals surface area contributed by atoms with Gasteiger partial charge in [0.25, 0.3) is 5.56 Å². The summed E-state index contributed by atoms with van der Waals surface area (Å²) in [7, 11) is 0. The molecule has 1 aliphatic carbocycles. The Morgan fingerprint density at radius 2 is 2.08 bits per heavy atom. The van der Waals surface area contributed by atoms with Crippen LogP contribution in [0.4, 0.5) is 5.69 Å². The number of benzene rings is 2. The largest absolute Gasteiger partial charge is 0.340 e. The Morgan fingerprint density at radius 3 is 2.87 bits per heavy atom. The number of anilines is 1. The van der Waals surface area contributed by atoms with Crippen LogP contribution in [0.15, 0.2) is 52.5 Å². The summed E-state index contributed by atoms with van der Waals surface area (Å²) < 4.78 is 1.64. The molecule has 9 heteroatoms. The second-order valence-electron chi connectivity index (χ2n) is 11.0. The van der Waals surface area contributed by atoms with E-state index in [0.717, 1.165) is 56.1 Å². The van der Waals surface area contributed by atoms with E-state index in [1.165, 1.54) is 12.8 Å². The number of aliphatic imine (C=N–C) groups is 1. The summed E-state index contributed by atoms with van der Waals surface area (Å²) in [5.74, 6) is 1.64. The normalized spacial score (nSPS) is 22.3. The molecule has 2 unspecified atom stereocenters. The van der Waals surface area contributed by atoms with Crippen LogP contribution in [0, 0.1) is 5.92 Å². The second kappa shape index (κ2) is 12.7. The molecule has 2 heterocycles. The smallest absolute Gasteiger partial charge is 0.261 e.